The maximum absolute atomic E-state index is 13.4. The number of pyridine rings is 1. The van der Waals surface area contributed by atoms with E-state index in [1.807, 2.05) is 13.0 Å². The summed E-state index contributed by atoms with van der Waals surface area (Å²) in [7, 11) is -2.26. The molecule has 0 saturated carbocycles. The van der Waals surface area contributed by atoms with Crippen molar-refractivity contribution in [1.82, 2.24) is 9.88 Å². The number of aliphatic hydroxyl groups is 1. The molecule has 1 amide bonds. The van der Waals surface area contributed by atoms with Crippen LogP contribution >= 0.6 is 0 Å². The van der Waals surface area contributed by atoms with Crippen LogP contribution in [0, 0.1) is 6.92 Å². The maximum Gasteiger partial charge on any atom is 0.264 e. The summed E-state index contributed by atoms with van der Waals surface area (Å²) >= 11 is 0. The Morgan fingerprint density at radius 3 is 2.45 bits per heavy atom. The third-order valence-electron chi connectivity index (χ3n) is 5.06. The summed E-state index contributed by atoms with van der Waals surface area (Å²) in [4.78, 5) is 18.3. The highest BCUT2D eigenvalue weighted by atomic mass is 32.2. The van der Waals surface area contributed by atoms with E-state index in [0.717, 1.165) is 11.1 Å². The number of benzene rings is 2. The monoisotopic (exact) mass is 465 g/mol. The number of amides is 1. The van der Waals surface area contributed by atoms with Gasteiger partial charge in [-0.1, -0.05) is 42.0 Å². The zero-order valence-electron chi connectivity index (χ0n) is 18.6. The molecule has 0 atom stereocenters. The van der Waals surface area contributed by atoms with Crippen molar-refractivity contribution in [1.29, 1.82) is 0 Å². The van der Waals surface area contributed by atoms with E-state index in [2.05, 4.69) is 4.98 Å². The molecule has 0 aliphatic heterocycles. The molecule has 8 heteroatoms. The van der Waals surface area contributed by atoms with Crippen molar-refractivity contribution in [3.8, 4) is 0 Å². The SMILES string of the molecule is Cc1ccc(S(=O)(=O)N(CCO)c2ccccc2CN(C)C(=O)/C=C/c2cccnc2)cc1. The minimum Gasteiger partial charge on any atom is -0.394 e. The Bertz CT molecular complexity index is 1210. The zero-order chi connectivity index (χ0) is 23.8. The molecule has 0 radical (unpaired) electrons. The Kier molecular flexibility index (Phi) is 7.97. The zero-order valence-corrected chi connectivity index (χ0v) is 19.4. The molecule has 0 aliphatic rings. The number of anilines is 1. The number of aromatic nitrogens is 1. The van der Waals surface area contributed by atoms with Crippen molar-refractivity contribution >= 4 is 27.7 Å². The number of hydrogen-bond acceptors (Lipinski definition) is 5. The molecule has 1 aromatic heterocycles. The Hall–Kier alpha value is -3.49. The fourth-order valence-electron chi connectivity index (χ4n) is 3.29. The summed E-state index contributed by atoms with van der Waals surface area (Å²) in [5, 5.41) is 9.61. The summed E-state index contributed by atoms with van der Waals surface area (Å²) in [6.45, 7) is 1.62. The van der Waals surface area contributed by atoms with Crippen LogP contribution in [-0.4, -0.2) is 49.5 Å². The van der Waals surface area contributed by atoms with Crippen molar-refractivity contribution < 1.29 is 18.3 Å². The van der Waals surface area contributed by atoms with E-state index in [-0.39, 0.29) is 30.5 Å². The van der Waals surface area contributed by atoms with E-state index in [1.54, 1.807) is 80.1 Å². The van der Waals surface area contributed by atoms with Gasteiger partial charge in [-0.3, -0.25) is 14.1 Å². The fraction of sp³-hybridized carbons (Fsp3) is 0.200. The first-order valence-electron chi connectivity index (χ1n) is 10.4. The molecule has 0 saturated heterocycles. The minimum atomic E-state index is -3.91. The largest absolute Gasteiger partial charge is 0.394 e. The van der Waals surface area contributed by atoms with Crippen molar-refractivity contribution in [2.75, 3.05) is 24.5 Å². The van der Waals surface area contributed by atoms with Gasteiger partial charge in [-0.25, -0.2) is 8.42 Å². The van der Waals surface area contributed by atoms with Gasteiger partial charge in [-0.15, -0.1) is 0 Å². The van der Waals surface area contributed by atoms with Crippen LogP contribution in [0.15, 0.2) is 84.0 Å². The second kappa shape index (κ2) is 10.9. The van der Waals surface area contributed by atoms with Crippen molar-refractivity contribution in [3.05, 3.63) is 95.8 Å². The predicted octanol–water partition coefficient (Wildman–Crippen LogP) is 3.25. The number of aliphatic hydroxyl groups excluding tert-OH is 1. The molecular weight excluding hydrogens is 438 g/mol. The van der Waals surface area contributed by atoms with Gasteiger partial charge in [0.15, 0.2) is 0 Å². The van der Waals surface area contributed by atoms with Gasteiger partial charge < -0.3 is 10.0 Å². The molecule has 0 bridgehead atoms. The Labute approximate surface area is 194 Å². The lowest BCUT2D eigenvalue weighted by Crippen LogP contribution is -2.35. The third kappa shape index (κ3) is 6.06. The molecule has 33 heavy (non-hydrogen) atoms. The first-order valence-corrected chi connectivity index (χ1v) is 11.9. The van der Waals surface area contributed by atoms with Gasteiger partial charge in [0.1, 0.15) is 0 Å². The summed E-state index contributed by atoms with van der Waals surface area (Å²) in [5.74, 6) is -0.233. The van der Waals surface area contributed by atoms with Crippen molar-refractivity contribution in [2.24, 2.45) is 0 Å². The van der Waals surface area contributed by atoms with Crippen LogP contribution in [0.3, 0.4) is 0 Å². The lowest BCUT2D eigenvalue weighted by atomic mass is 10.1. The number of nitrogens with zero attached hydrogens (tertiary/aromatic N) is 3. The summed E-state index contributed by atoms with van der Waals surface area (Å²) < 4.78 is 28.0. The van der Waals surface area contributed by atoms with Gasteiger partial charge in [-0.2, -0.15) is 0 Å². The number of hydrogen-bond donors (Lipinski definition) is 1. The van der Waals surface area contributed by atoms with Gasteiger partial charge in [0.2, 0.25) is 5.91 Å². The second-order valence-corrected chi connectivity index (χ2v) is 9.42. The van der Waals surface area contributed by atoms with Gasteiger partial charge in [0.25, 0.3) is 10.0 Å². The van der Waals surface area contributed by atoms with Crippen LogP contribution in [-0.2, 0) is 21.4 Å². The predicted molar refractivity (Wildman–Crippen MR) is 129 cm³/mol. The van der Waals surface area contributed by atoms with Crippen LogP contribution in [0.2, 0.25) is 0 Å². The molecule has 0 fully saturated rings. The lowest BCUT2D eigenvalue weighted by molar-refractivity contribution is -0.125. The first kappa shape index (κ1) is 24.2. The van der Waals surface area contributed by atoms with Gasteiger partial charge in [0.05, 0.1) is 23.7 Å². The van der Waals surface area contributed by atoms with E-state index in [4.69, 9.17) is 0 Å². The van der Waals surface area contributed by atoms with E-state index >= 15 is 0 Å². The van der Waals surface area contributed by atoms with E-state index in [1.165, 1.54) is 15.3 Å². The lowest BCUT2D eigenvalue weighted by Gasteiger charge is -2.27. The summed E-state index contributed by atoms with van der Waals surface area (Å²) in [6, 6.07) is 17.2. The van der Waals surface area contributed by atoms with Crippen molar-refractivity contribution in [2.45, 2.75) is 18.4 Å². The molecule has 2 aromatic carbocycles. The highest BCUT2D eigenvalue weighted by molar-refractivity contribution is 7.92. The van der Waals surface area contributed by atoms with Crippen molar-refractivity contribution in [3.63, 3.8) is 0 Å². The van der Waals surface area contributed by atoms with E-state index < -0.39 is 10.0 Å². The number of carbonyl (C=O) groups is 1. The average molecular weight is 466 g/mol. The molecule has 1 heterocycles. The average Bonchev–Trinajstić information content (AvgIpc) is 2.82. The third-order valence-corrected chi connectivity index (χ3v) is 6.89. The number of aryl methyl sites for hydroxylation is 1. The standard InChI is InChI=1S/C25H27N3O4S/c1-20-9-12-23(13-10-20)33(31,32)28(16-17-29)24-8-4-3-7-22(24)19-27(2)25(30)14-11-21-6-5-15-26-18-21/h3-15,18,29H,16-17,19H2,1-2H3/b14-11+. The number of para-hydroxylation sites is 1. The molecule has 0 aliphatic carbocycles. The molecule has 7 nitrogen and oxygen atoms in total. The molecule has 3 aromatic rings. The molecular formula is C25H27N3O4S. The number of rotatable bonds is 9. The minimum absolute atomic E-state index is 0.105. The van der Waals surface area contributed by atoms with Crippen LogP contribution in [0.5, 0.6) is 0 Å². The smallest absolute Gasteiger partial charge is 0.264 e. The molecule has 1 N–H and O–H groups in total. The normalized spacial score (nSPS) is 11.5. The molecule has 0 unspecified atom stereocenters. The fourth-order valence-corrected chi connectivity index (χ4v) is 4.78. The van der Waals surface area contributed by atoms with Crippen LogP contribution < -0.4 is 4.31 Å². The molecule has 172 valence electrons. The second-order valence-electron chi connectivity index (χ2n) is 7.56. The first-order chi connectivity index (χ1) is 15.8. The van der Waals surface area contributed by atoms with Gasteiger partial charge in [0, 0.05) is 32.1 Å². The van der Waals surface area contributed by atoms with Crippen LogP contribution in [0.25, 0.3) is 6.08 Å². The number of likely N-dealkylation sites (N-methyl/N-ethyl adjacent to an activating group) is 1. The topological polar surface area (TPSA) is 90.8 Å². The van der Waals surface area contributed by atoms with Crippen LogP contribution in [0.4, 0.5) is 5.69 Å². The van der Waals surface area contributed by atoms with Gasteiger partial charge in [-0.05, 0) is 48.4 Å². The molecule has 3 rings (SSSR count). The quantitative estimate of drug-likeness (QED) is 0.490. The highest BCUT2D eigenvalue weighted by Crippen LogP contribution is 2.28. The summed E-state index contributed by atoms with van der Waals surface area (Å²) in [5.41, 5.74) is 2.82. The highest BCUT2D eigenvalue weighted by Gasteiger charge is 2.26. The van der Waals surface area contributed by atoms with Crippen LogP contribution in [0.1, 0.15) is 16.7 Å². The van der Waals surface area contributed by atoms with E-state index in [9.17, 15) is 18.3 Å². The Morgan fingerprint density at radius 1 is 1.06 bits per heavy atom. The van der Waals surface area contributed by atoms with E-state index in [0.29, 0.717) is 11.3 Å². The molecule has 0 spiro atoms. The number of carbonyl (C=O) groups excluding carboxylic acids is 1. The number of sulfonamides is 1. The maximum atomic E-state index is 13.4. The van der Waals surface area contributed by atoms with Gasteiger partial charge >= 0.3 is 0 Å². The summed E-state index contributed by atoms with van der Waals surface area (Å²) in [6.07, 6.45) is 6.44. The Balaban J connectivity index is 1.87. The Morgan fingerprint density at radius 2 is 1.79 bits per heavy atom.